The molecule has 2 fully saturated rings. The standard InChI is InChI=1S/C9H15Br/c10-9-6-2-1-4-8(9)5-3-7-9/h8H,1-7H2/t8-,9-/m1/s1. The van der Waals surface area contributed by atoms with Crippen molar-refractivity contribution >= 4 is 15.9 Å². The predicted molar refractivity (Wildman–Crippen MR) is 47.5 cm³/mol. The van der Waals surface area contributed by atoms with Gasteiger partial charge in [-0.25, -0.2) is 0 Å². The second kappa shape index (κ2) is 2.51. The van der Waals surface area contributed by atoms with E-state index in [1.165, 1.54) is 44.9 Å². The van der Waals surface area contributed by atoms with Gasteiger partial charge in [0.25, 0.3) is 0 Å². The highest BCUT2D eigenvalue weighted by Gasteiger charge is 2.41. The van der Waals surface area contributed by atoms with Crippen LogP contribution in [-0.2, 0) is 0 Å². The van der Waals surface area contributed by atoms with Crippen molar-refractivity contribution in [1.82, 2.24) is 0 Å². The number of hydrogen-bond donors (Lipinski definition) is 0. The Bertz CT molecular complexity index is 133. The summed E-state index contributed by atoms with van der Waals surface area (Å²) in [6.07, 6.45) is 10.3. The molecule has 0 aromatic carbocycles. The molecule has 10 heavy (non-hydrogen) atoms. The second-order valence-corrected chi connectivity index (χ2v) is 5.45. The molecule has 0 radical (unpaired) electrons. The first kappa shape index (κ1) is 7.15. The average Bonchev–Trinajstić information content (AvgIpc) is 2.29. The maximum Gasteiger partial charge on any atom is 0.0286 e. The Morgan fingerprint density at radius 2 is 1.70 bits per heavy atom. The van der Waals surface area contributed by atoms with Crippen LogP contribution in [0.1, 0.15) is 44.9 Å². The zero-order valence-electron chi connectivity index (χ0n) is 6.41. The molecule has 0 saturated heterocycles. The fourth-order valence-electron chi connectivity index (χ4n) is 2.65. The quantitative estimate of drug-likeness (QED) is 0.528. The molecular formula is C9H15Br. The van der Waals surface area contributed by atoms with Gasteiger partial charge in [0.1, 0.15) is 0 Å². The van der Waals surface area contributed by atoms with Crippen molar-refractivity contribution in [3.8, 4) is 0 Å². The molecule has 2 rings (SSSR count). The molecule has 0 unspecified atom stereocenters. The van der Waals surface area contributed by atoms with Gasteiger partial charge in [0.2, 0.25) is 0 Å². The zero-order chi connectivity index (χ0) is 7.03. The van der Waals surface area contributed by atoms with Crippen molar-refractivity contribution in [1.29, 1.82) is 0 Å². The molecule has 0 bridgehead atoms. The maximum absolute atomic E-state index is 3.92. The maximum atomic E-state index is 3.92. The van der Waals surface area contributed by atoms with Crippen LogP contribution >= 0.6 is 15.9 Å². The van der Waals surface area contributed by atoms with Gasteiger partial charge in [-0.3, -0.25) is 0 Å². The van der Waals surface area contributed by atoms with E-state index in [9.17, 15) is 0 Å². The van der Waals surface area contributed by atoms with Crippen LogP contribution in [0, 0.1) is 5.92 Å². The van der Waals surface area contributed by atoms with Crippen LogP contribution in [-0.4, -0.2) is 4.32 Å². The molecule has 0 N–H and O–H groups in total. The third-order valence-corrected chi connectivity index (χ3v) is 4.71. The molecule has 0 aromatic rings. The van der Waals surface area contributed by atoms with Crippen molar-refractivity contribution in [2.75, 3.05) is 0 Å². The van der Waals surface area contributed by atoms with Crippen LogP contribution in [0.3, 0.4) is 0 Å². The summed E-state index contributed by atoms with van der Waals surface area (Å²) in [5, 5.41) is 0. The van der Waals surface area contributed by atoms with Crippen LogP contribution < -0.4 is 0 Å². The first-order valence-corrected chi connectivity index (χ1v) is 5.29. The molecule has 0 amide bonds. The van der Waals surface area contributed by atoms with Gasteiger partial charge in [0.05, 0.1) is 0 Å². The van der Waals surface area contributed by atoms with E-state index in [0.29, 0.717) is 4.32 Å². The smallest absolute Gasteiger partial charge is 0.0286 e. The van der Waals surface area contributed by atoms with E-state index in [-0.39, 0.29) is 0 Å². The SMILES string of the molecule is Br[C@@]12CCCC[C@@H]1CCC2. The Balaban J connectivity index is 2.10. The van der Waals surface area contributed by atoms with Crippen molar-refractivity contribution < 1.29 is 0 Å². The van der Waals surface area contributed by atoms with E-state index in [2.05, 4.69) is 15.9 Å². The molecular weight excluding hydrogens is 188 g/mol. The van der Waals surface area contributed by atoms with Gasteiger partial charge in [0.15, 0.2) is 0 Å². The number of rotatable bonds is 0. The summed E-state index contributed by atoms with van der Waals surface area (Å²) in [4.78, 5) is 0. The number of alkyl halides is 1. The number of halogens is 1. The predicted octanol–water partition coefficient (Wildman–Crippen LogP) is 3.49. The van der Waals surface area contributed by atoms with Crippen molar-refractivity contribution in [3.63, 3.8) is 0 Å². The van der Waals surface area contributed by atoms with Gasteiger partial charge in [-0.1, -0.05) is 35.2 Å². The Labute approximate surface area is 71.5 Å². The summed E-state index contributed by atoms with van der Waals surface area (Å²) in [7, 11) is 0. The summed E-state index contributed by atoms with van der Waals surface area (Å²) in [6, 6.07) is 0. The van der Waals surface area contributed by atoms with Crippen LogP contribution in [0.25, 0.3) is 0 Å². The lowest BCUT2D eigenvalue weighted by molar-refractivity contribution is 0.318. The van der Waals surface area contributed by atoms with E-state index in [0.717, 1.165) is 5.92 Å². The molecule has 2 saturated carbocycles. The molecule has 0 aromatic heterocycles. The minimum Gasteiger partial charge on any atom is -0.0850 e. The highest BCUT2D eigenvalue weighted by atomic mass is 79.9. The van der Waals surface area contributed by atoms with Gasteiger partial charge >= 0.3 is 0 Å². The molecule has 1 heteroatoms. The van der Waals surface area contributed by atoms with Gasteiger partial charge in [-0.15, -0.1) is 0 Å². The molecule has 0 nitrogen and oxygen atoms in total. The van der Waals surface area contributed by atoms with Crippen molar-refractivity contribution in [2.24, 2.45) is 5.92 Å². The number of hydrogen-bond acceptors (Lipinski definition) is 0. The second-order valence-electron chi connectivity index (χ2n) is 3.87. The summed E-state index contributed by atoms with van der Waals surface area (Å²) < 4.78 is 0.602. The van der Waals surface area contributed by atoms with Crippen LogP contribution in [0.5, 0.6) is 0 Å². The third kappa shape index (κ3) is 1.03. The van der Waals surface area contributed by atoms with E-state index in [1.54, 1.807) is 0 Å². The van der Waals surface area contributed by atoms with Gasteiger partial charge < -0.3 is 0 Å². The fraction of sp³-hybridized carbons (Fsp3) is 1.00. The molecule has 2 aliphatic rings. The molecule has 2 aliphatic carbocycles. The minimum absolute atomic E-state index is 0.602. The van der Waals surface area contributed by atoms with Crippen LogP contribution in [0.2, 0.25) is 0 Å². The summed E-state index contributed by atoms with van der Waals surface area (Å²) in [5.74, 6) is 1.03. The normalized spacial score (nSPS) is 47.1. The lowest BCUT2D eigenvalue weighted by Gasteiger charge is -2.34. The Morgan fingerprint density at radius 1 is 1.00 bits per heavy atom. The third-order valence-electron chi connectivity index (χ3n) is 3.27. The minimum atomic E-state index is 0.602. The summed E-state index contributed by atoms with van der Waals surface area (Å²) >= 11 is 3.92. The highest BCUT2D eigenvalue weighted by molar-refractivity contribution is 9.10. The molecule has 2 atom stereocenters. The molecule has 58 valence electrons. The van der Waals surface area contributed by atoms with Crippen LogP contribution in [0.15, 0.2) is 0 Å². The lowest BCUT2D eigenvalue weighted by atomic mass is 9.82. The summed E-state index contributed by atoms with van der Waals surface area (Å²) in [5.41, 5.74) is 0. The van der Waals surface area contributed by atoms with Gasteiger partial charge in [-0.2, -0.15) is 0 Å². The van der Waals surface area contributed by atoms with E-state index in [4.69, 9.17) is 0 Å². The van der Waals surface area contributed by atoms with Crippen molar-refractivity contribution in [2.45, 2.75) is 49.3 Å². The Hall–Kier alpha value is 0.480. The Kier molecular flexibility index (Phi) is 1.79. The summed E-state index contributed by atoms with van der Waals surface area (Å²) in [6.45, 7) is 0. The topological polar surface area (TPSA) is 0 Å². The van der Waals surface area contributed by atoms with E-state index >= 15 is 0 Å². The fourth-order valence-corrected chi connectivity index (χ4v) is 3.67. The van der Waals surface area contributed by atoms with Crippen molar-refractivity contribution in [3.05, 3.63) is 0 Å². The van der Waals surface area contributed by atoms with E-state index < -0.39 is 0 Å². The van der Waals surface area contributed by atoms with Crippen LogP contribution in [0.4, 0.5) is 0 Å². The highest BCUT2D eigenvalue weighted by Crippen LogP contribution is 2.50. The first-order chi connectivity index (χ1) is 4.81. The average molecular weight is 203 g/mol. The Morgan fingerprint density at radius 3 is 2.50 bits per heavy atom. The zero-order valence-corrected chi connectivity index (χ0v) is 7.99. The first-order valence-electron chi connectivity index (χ1n) is 4.50. The van der Waals surface area contributed by atoms with E-state index in [1.807, 2.05) is 0 Å². The number of fused-ring (bicyclic) bond motifs is 1. The molecule has 0 aliphatic heterocycles. The van der Waals surface area contributed by atoms with Gasteiger partial charge in [-0.05, 0) is 31.6 Å². The molecule has 0 heterocycles. The monoisotopic (exact) mass is 202 g/mol. The largest absolute Gasteiger partial charge is 0.0850 e. The molecule has 0 spiro atoms. The van der Waals surface area contributed by atoms with Gasteiger partial charge in [0, 0.05) is 4.32 Å². The lowest BCUT2D eigenvalue weighted by Crippen LogP contribution is -2.29.